The van der Waals surface area contributed by atoms with Crippen molar-refractivity contribution in [3.63, 3.8) is 0 Å². The maximum atomic E-state index is 12.5. The van der Waals surface area contributed by atoms with Gasteiger partial charge in [0.2, 0.25) is 0 Å². The van der Waals surface area contributed by atoms with Gasteiger partial charge in [-0.25, -0.2) is 4.79 Å². The highest BCUT2D eigenvalue weighted by Crippen LogP contribution is 2.35. The van der Waals surface area contributed by atoms with Crippen LogP contribution in [0.15, 0.2) is 18.3 Å². The zero-order valence-electron chi connectivity index (χ0n) is 15.4. The summed E-state index contributed by atoms with van der Waals surface area (Å²) >= 11 is 0. The average molecular weight is 356 g/mol. The molecule has 0 atom stereocenters. The number of carboxylic acid groups (broad SMARTS) is 1. The standard InChI is InChI=1S/C20H24N2O4/c1-4-26-20(25)16-11-21-17-13(3)9-12(2)10-15(17)18(16)22-7-5-14(6-8-22)19(23)24/h9-11,14H,4-8H2,1-3H3,(H,23,24). The predicted molar refractivity (Wildman–Crippen MR) is 99.7 cm³/mol. The van der Waals surface area contributed by atoms with E-state index in [9.17, 15) is 14.7 Å². The van der Waals surface area contributed by atoms with Crippen LogP contribution >= 0.6 is 0 Å². The van der Waals surface area contributed by atoms with Crippen LogP contribution in [0.5, 0.6) is 0 Å². The molecule has 1 N–H and O–H groups in total. The second-order valence-corrected chi connectivity index (χ2v) is 6.82. The number of anilines is 1. The van der Waals surface area contributed by atoms with Crippen molar-refractivity contribution in [3.8, 4) is 0 Å². The van der Waals surface area contributed by atoms with Gasteiger partial charge in [-0.05, 0) is 45.2 Å². The van der Waals surface area contributed by atoms with Crippen molar-refractivity contribution >= 4 is 28.5 Å². The Kier molecular flexibility index (Phi) is 5.11. The lowest BCUT2D eigenvalue weighted by Crippen LogP contribution is -2.37. The number of carbonyl (C=O) groups is 2. The van der Waals surface area contributed by atoms with Crippen LogP contribution in [0.25, 0.3) is 10.9 Å². The van der Waals surface area contributed by atoms with E-state index < -0.39 is 11.9 Å². The van der Waals surface area contributed by atoms with Gasteiger partial charge in [0.25, 0.3) is 0 Å². The van der Waals surface area contributed by atoms with Crippen LogP contribution in [0.3, 0.4) is 0 Å². The molecular weight excluding hydrogens is 332 g/mol. The third-order valence-corrected chi connectivity index (χ3v) is 4.93. The van der Waals surface area contributed by atoms with E-state index in [0.29, 0.717) is 38.1 Å². The molecule has 2 heterocycles. The summed E-state index contributed by atoms with van der Waals surface area (Å²) in [6.45, 7) is 7.28. The summed E-state index contributed by atoms with van der Waals surface area (Å²) in [5, 5.41) is 10.2. The van der Waals surface area contributed by atoms with E-state index in [1.54, 1.807) is 13.1 Å². The van der Waals surface area contributed by atoms with E-state index in [-0.39, 0.29) is 5.92 Å². The van der Waals surface area contributed by atoms with Crippen molar-refractivity contribution < 1.29 is 19.4 Å². The Labute approximate surface area is 152 Å². The molecule has 1 fully saturated rings. The molecule has 0 bridgehead atoms. The zero-order chi connectivity index (χ0) is 18.8. The summed E-state index contributed by atoms with van der Waals surface area (Å²) in [6.07, 6.45) is 2.71. The molecule has 0 unspecified atom stereocenters. The zero-order valence-corrected chi connectivity index (χ0v) is 15.4. The first-order valence-electron chi connectivity index (χ1n) is 8.97. The number of benzene rings is 1. The maximum absolute atomic E-state index is 12.5. The van der Waals surface area contributed by atoms with Gasteiger partial charge in [-0.1, -0.05) is 11.6 Å². The number of rotatable bonds is 4. The number of fused-ring (bicyclic) bond motifs is 1. The number of hydrogen-bond donors (Lipinski definition) is 1. The smallest absolute Gasteiger partial charge is 0.341 e. The monoisotopic (exact) mass is 356 g/mol. The van der Waals surface area contributed by atoms with E-state index in [0.717, 1.165) is 27.7 Å². The lowest BCUT2D eigenvalue weighted by atomic mass is 9.95. The number of ether oxygens (including phenoxy) is 1. The summed E-state index contributed by atoms with van der Waals surface area (Å²) in [6, 6.07) is 4.11. The Balaban J connectivity index is 2.12. The summed E-state index contributed by atoms with van der Waals surface area (Å²) in [4.78, 5) is 30.4. The third-order valence-electron chi connectivity index (χ3n) is 4.93. The average Bonchev–Trinajstić information content (AvgIpc) is 2.61. The van der Waals surface area contributed by atoms with Crippen molar-refractivity contribution in [2.24, 2.45) is 5.92 Å². The number of aromatic nitrogens is 1. The largest absolute Gasteiger partial charge is 0.481 e. The van der Waals surface area contributed by atoms with Crippen molar-refractivity contribution in [1.82, 2.24) is 4.98 Å². The van der Waals surface area contributed by atoms with Gasteiger partial charge in [-0.2, -0.15) is 0 Å². The Morgan fingerprint density at radius 3 is 2.58 bits per heavy atom. The minimum absolute atomic E-state index is 0.296. The van der Waals surface area contributed by atoms with Crippen LogP contribution < -0.4 is 4.90 Å². The van der Waals surface area contributed by atoms with Crippen molar-refractivity contribution in [2.75, 3.05) is 24.6 Å². The fourth-order valence-electron chi connectivity index (χ4n) is 3.70. The molecule has 2 aromatic rings. The first-order chi connectivity index (χ1) is 12.4. The molecule has 6 nitrogen and oxygen atoms in total. The van der Waals surface area contributed by atoms with Gasteiger partial charge in [-0.15, -0.1) is 0 Å². The Hall–Kier alpha value is -2.63. The molecule has 1 aromatic carbocycles. The van der Waals surface area contributed by atoms with E-state index >= 15 is 0 Å². The number of aliphatic carboxylic acids is 1. The summed E-state index contributed by atoms with van der Waals surface area (Å²) in [7, 11) is 0. The first kappa shape index (κ1) is 18.2. The number of carbonyl (C=O) groups excluding carboxylic acids is 1. The molecule has 1 saturated heterocycles. The highest BCUT2D eigenvalue weighted by atomic mass is 16.5. The molecule has 1 aliphatic heterocycles. The lowest BCUT2D eigenvalue weighted by molar-refractivity contribution is -0.142. The molecule has 1 aromatic heterocycles. The quantitative estimate of drug-likeness (QED) is 0.847. The summed E-state index contributed by atoms with van der Waals surface area (Å²) in [5.41, 5.74) is 4.26. The highest BCUT2D eigenvalue weighted by Gasteiger charge is 2.28. The second-order valence-electron chi connectivity index (χ2n) is 6.82. The number of nitrogens with zero attached hydrogens (tertiary/aromatic N) is 2. The topological polar surface area (TPSA) is 79.7 Å². The highest BCUT2D eigenvalue weighted by molar-refractivity contribution is 6.06. The molecule has 138 valence electrons. The van der Waals surface area contributed by atoms with E-state index in [4.69, 9.17) is 4.74 Å². The van der Waals surface area contributed by atoms with Gasteiger partial charge >= 0.3 is 11.9 Å². The van der Waals surface area contributed by atoms with Crippen molar-refractivity contribution in [2.45, 2.75) is 33.6 Å². The molecule has 0 saturated carbocycles. The SMILES string of the molecule is CCOC(=O)c1cnc2c(C)cc(C)cc2c1N1CCC(C(=O)O)CC1. The number of aryl methyl sites for hydroxylation is 2. The summed E-state index contributed by atoms with van der Waals surface area (Å²) < 4.78 is 5.23. The molecule has 0 spiro atoms. The van der Waals surface area contributed by atoms with E-state index in [1.165, 1.54) is 0 Å². The van der Waals surface area contributed by atoms with Gasteiger partial charge in [0.1, 0.15) is 5.56 Å². The van der Waals surface area contributed by atoms with Gasteiger partial charge in [0.15, 0.2) is 0 Å². The van der Waals surface area contributed by atoms with Crippen molar-refractivity contribution in [3.05, 3.63) is 35.0 Å². The van der Waals surface area contributed by atoms with Crippen LogP contribution in [-0.4, -0.2) is 41.7 Å². The first-order valence-corrected chi connectivity index (χ1v) is 8.97. The Morgan fingerprint density at radius 2 is 1.96 bits per heavy atom. The van der Waals surface area contributed by atoms with Crippen LogP contribution in [0.4, 0.5) is 5.69 Å². The fourth-order valence-corrected chi connectivity index (χ4v) is 3.70. The minimum atomic E-state index is -0.749. The molecule has 0 radical (unpaired) electrons. The Morgan fingerprint density at radius 1 is 1.27 bits per heavy atom. The van der Waals surface area contributed by atoms with E-state index in [1.807, 2.05) is 19.9 Å². The number of carboxylic acids is 1. The van der Waals surface area contributed by atoms with Crippen molar-refractivity contribution in [1.29, 1.82) is 0 Å². The normalized spacial score (nSPS) is 15.3. The second kappa shape index (κ2) is 7.32. The van der Waals surface area contributed by atoms with Crippen LogP contribution in [-0.2, 0) is 9.53 Å². The molecule has 3 rings (SSSR count). The molecule has 0 aliphatic carbocycles. The fraction of sp³-hybridized carbons (Fsp3) is 0.450. The molecule has 1 aliphatic rings. The minimum Gasteiger partial charge on any atom is -0.481 e. The molecule has 6 heteroatoms. The molecule has 26 heavy (non-hydrogen) atoms. The molecule has 0 amide bonds. The molecular formula is C20H24N2O4. The van der Waals surface area contributed by atoms with Crippen LogP contribution in [0.2, 0.25) is 0 Å². The third kappa shape index (κ3) is 3.36. The number of pyridine rings is 1. The van der Waals surface area contributed by atoms with Gasteiger partial charge in [-0.3, -0.25) is 9.78 Å². The predicted octanol–water partition coefficient (Wildman–Crippen LogP) is 3.33. The van der Waals surface area contributed by atoms with E-state index in [2.05, 4.69) is 16.0 Å². The van der Waals surface area contributed by atoms with Crippen LogP contribution in [0, 0.1) is 19.8 Å². The summed E-state index contributed by atoms with van der Waals surface area (Å²) in [5.74, 6) is -1.47. The van der Waals surface area contributed by atoms with Crippen LogP contribution in [0.1, 0.15) is 41.3 Å². The number of esters is 1. The maximum Gasteiger partial charge on any atom is 0.341 e. The number of hydrogen-bond acceptors (Lipinski definition) is 5. The van der Waals surface area contributed by atoms with Gasteiger partial charge in [0, 0.05) is 24.7 Å². The Bertz CT molecular complexity index is 855. The number of piperidine rings is 1. The van der Waals surface area contributed by atoms with Gasteiger partial charge in [0.05, 0.1) is 23.7 Å². The lowest BCUT2D eigenvalue weighted by Gasteiger charge is -2.33. The van der Waals surface area contributed by atoms with Gasteiger partial charge < -0.3 is 14.7 Å².